The third-order valence-corrected chi connectivity index (χ3v) is 3.06. The van der Waals surface area contributed by atoms with Crippen LogP contribution in [0.5, 0.6) is 0 Å². The molecule has 104 valence electrons. The van der Waals surface area contributed by atoms with Gasteiger partial charge in [-0.3, -0.25) is 9.59 Å². The molecule has 19 heavy (non-hydrogen) atoms. The molecule has 1 aromatic rings. The Labute approximate surface area is 118 Å². The van der Waals surface area contributed by atoms with Gasteiger partial charge in [-0.25, -0.2) is 0 Å². The number of carbonyl (C=O) groups is 2. The van der Waals surface area contributed by atoms with E-state index in [4.69, 9.17) is 11.6 Å². The Morgan fingerprint density at radius 3 is 2.79 bits per heavy atom. The molecule has 4 nitrogen and oxygen atoms in total. The molecule has 0 atom stereocenters. The van der Waals surface area contributed by atoms with Crippen molar-refractivity contribution in [1.82, 2.24) is 5.32 Å². The lowest BCUT2D eigenvalue weighted by atomic mass is 10.1. The van der Waals surface area contributed by atoms with Gasteiger partial charge in [-0.05, 0) is 31.5 Å². The van der Waals surface area contributed by atoms with Gasteiger partial charge >= 0.3 is 0 Å². The molecular weight excluding hydrogens is 264 g/mol. The van der Waals surface area contributed by atoms with E-state index in [2.05, 4.69) is 10.2 Å². The van der Waals surface area contributed by atoms with Gasteiger partial charge in [0.05, 0.1) is 0 Å². The molecular formula is C14H19ClN2O2. The highest BCUT2D eigenvalue weighted by Crippen LogP contribution is 2.23. The maximum atomic E-state index is 11.1. The molecule has 0 spiro atoms. The predicted octanol–water partition coefficient (Wildman–Crippen LogP) is 2.51. The number of amides is 1. The number of benzene rings is 1. The van der Waals surface area contributed by atoms with Gasteiger partial charge in [-0.1, -0.05) is 11.6 Å². The largest absolute Gasteiger partial charge is 0.371 e. The number of hydrogen-bond donors (Lipinski definition) is 1. The van der Waals surface area contributed by atoms with Gasteiger partial charge in [0.25, 0.3) is 0 Å². The molecule has 0 heterocycles. The predicted molar refractivity (Wildman–Crippen MR) is 78.0 cm³/mol. The molecule has 0 aliphatic carbocycles. The summed E-state index contributed by atoms with van der Waals surface area (Å²) in [5, 5.41) is 3.37. The summed E-state index contributed by atoms with van der Waals surface area (Å²) >= 11 is 5.98. The molecule has 1 rings (SSSR count). The summed E-state index contributed by atoms with van der Waals surface area (Å²) in [5.74, 6) is -0.0283. The zero-order chi connectivity index (χ0) is 14.3. The number of rotatable bonds is 7. The highest BCUT2D eigenvalue weighted by Gasteiger charge is 2.10. The Hall–Kier alpha value is -1.55. The van der Waals surface area contributed by atoms with Crippen LogP contribution in [0.25, 0.3) is 0 Å². The first kappa shape index (κ1) is 15.5. The van der Waals surface area contributed by atoms with Crippen LogP contribution in [0, 0.1) is 0 Å². The third-order valence-electron chi connectivity index (χ3n) is 2.82. The summed E-state index contributed by atoms with van der Waals surface area (Å²) in [5.41, 5.74) is 1.47. The Morgan fingerprint density at radius 1 is 1.47 bits per heavy atom. The molecule has 0 saturated carbocycles. The van der Waals surface area contributed by atoms with Crippen molar-refractivity contribution in [3.8, 4) is 0 Å². The first-order valence-corrected chi connectivity index (χ1v) is 6.70. The number of anilines is 1. The number of hydrogen-bond acceptors (Lipinski definition) is 3. The van der Waals surface area contributed by atoms with Crippen LogP contribution < -0.4 is 10.2 Å². The fourth-order valence-electron chi connectivity index (χ4n) is 1.87. The minimum atomic E-state index is -0.0283. The molecule has 0 fully saturated rings. The third kappa shape index (κ3) is 4.91. The molecule has 0 aliphatic heterocycles. The van der Waals surface area contributed by atoms with Gasteiger partial charge in [0, 0.05) is 42.8 Å². The Kier molecular flexibility index (Phi) is 6.36. The van der Waals surface area contributed by atoms with Crippen molar-refractivity contribution in [2.24, 2.45) is 0 Å². The number of carbonyl (C=O) groups excluding carboxylic acids is 2. The molecule has 1 amide bonds. The lowest BCUT2D eigenvalue weighted by molar-refractivity contribution is -0.118. The van der Waals surface area contributed by atoms with Gasteiger partial charge in [0.1, 0.15) is 0 Å². The summed E-state index contributed by atoms with van der Waals surface area (Å²) in [4.78, 5) is 23.9. The number of nitrogens with one attached hydrogen (secondary N) is 1. The van der Waals surface area contributed by atoms with Crippen LogP contribution >= 0.6 is 11.6 Å². The van der Waals surface area contributed by atoms with Gasteiger partial charge in [-0.2, -0.15) is 0 Å². The second-order valence-electron chi connectivity index (χ2n) is 4.24. The van der Waals surface area contributed by atoms with Crippen molar-refractivity contribution in [2.45, 2.75) is 20.3 Å². The van der Waals surface area contributed by atoms with Gasteiger partial charge in [0.2, 0.25) is 5.91 Å². The van der Waals surface area contributed by atoms with Crippen LogP contribution in [-0.4, -0.2) is 31.8 Å². The molecule has 0 aliphatic rings. The molecule has 0 bridgehead atoms. The van der Waals surface area contributed by atoms with Crippen molar-refractivity contribution in [1.29, 1.82) is 0 Å². The number of aldehydes is 1. The minimum absolute atomic E-state index is 0.0283. The van der Waals surface area contributed by atoms with E-state index in [1.165, 1.54) is 6.92 Å². The van der Waals surface area contributed by atoms with Crippen molar-refractivity contribution < 1.29 is 9.59 Å². The van der Waals surface area contributed by atoms with E-state index in [1.807, 2.05) is 6.92 Å². The van der Waals surface area contributed by atoms with E-state index in [1.54, 1.807) is 18.2 Å². The van der Waals surface area contributed by atoms with Crippen LogP contribution in [0.2, 0.25) is 5.02 Å². The fourth-order valence-corrected chi connectivity index (χ4v) is 2.04. The van der Waals surface area contributed by atoms with Gasteiger partial charge in [0.15, 0.2) is 6.29 Å². The normalized spacial score (nSPS) is 10.1. The Morgan fingerprint density at radius 2 is 2.21 bits per heavy atom. The summed E-state index contributed by atoms with van der Waals surface area (Å²) in [6.07, 6.45) is 1.65. The fraction of sp³-hybridized carbons (Fsp3) is 0.429. The second kappa shape index (κ2) is 7.79. The van der Waals surface area contributed by atoms with E-state index in [-0.39, 0.29) is 5.91 Å². The quantitative estimate of drug-likeness (QED) is 0.617. The molecule has 0 radical (unpaired) electrons. The lowest BCUT2D eigenvalue weighted by Crippen LogP contribution is -2.29. The van der Waals surface area contributed by atoms with E-state index in [0.717, 1.165) is 31.5 Å². The monoisotopic (exact) mass is 282 g/mol. The smallest absolute Gasteiger partial charge is 0.216 e. The highest BCUT2D eigenvalue weighted by atomic mass is 35.5. The highest BCUT2D eigenvalue weighted by molar-refractivity contribution is 6.31. The number of halogens is 1. The maximum Gasteiger partial charge on any atom is 0.216 e. The van der Waals surface area contributed by atoms with Crippen LogP contribution in [0.15, 0.2) is 18.2 Å². The van der Waals surface area contributed by atoms with Crippen LogP contribution in [0.4, 0.5) is 5.69 Å². The summed E-state index contributed by atoms with van der Waals surface area (Å²) < 4.78 is 0. The second-order valence-corrected chi connectivity index (χ2v) is 4.67. The van der Waals surface area contributed by atoms with Gasteiger partial charge < -0.3 is 10.2 Å². The summed E-state index contributed by atoms with van der Waals surface area (Å²) in [7, 11) is 0. The van der Waals surface area contributed by atoms with E-state index < -0.39 is 0 Å². The molecule has 0 aromatic heterocycles. The lowest BCUT2D eigenvalue weighted by Gasteiger charge is -2.24. The number of nitrogens with zero attached hydrogens (tertiary/aromatic N) is 1. The van der Waals surface area contributed by atoms with Crippen molar-refractivity contribution in [2.75, 3.05) is 24.5 Å². The first-order chi connectivity index (χ1) is 9.08. The molecule has 1 N–H and O–H groups in total. The minimum Gasteiger partial charge on any atom is -0.371 e. The maximum absolute atomic E-state index is 11.1. The van der Waals surface area contributed by atoms with Crippen molar-refractivity contribution >= 4 is 29.5 Å². The zero-order valence-electron chi connectivity index (χ0n) is 11.3. The standard InChI is InChI=1S/C14H19ClN2O2/c1-3-17(8-4-7-16-11(2)19)14-9-13(15)6-5-12(14)10-18/h5-6,9-10H,3-4,7-8H2,1-2H3,(H,16,19). The van der Waals surface area contributed by atoms with E-state index in [9.17, 15) is 9.59 Å². The average Bonchev–Trinajstić information content (AvgIpc) is 2.38. The molecule has 0 unspecified atom stereocenters. The van der Waals surface area contributed by atoms with E-state index >= 15 is 0 Å². The van der Waals surface area contributed by atoms with E-state index in [0.29, 0.717) is 17.1 Å². The summed E-state index contributed by atoms with van der Waals surface area (Å²) in [6, 6.07) is 5.23. The van der Waals surface area contributed by atoms with Gasteiger partial charge in [-0.15, -0.1) is 0 Å². The van der Waals surface area contributed by atoms with Crippen LogP contribution in [0.1, 0.15) is 30.6 Å². The summed E-state index contributed by atoms with van der Waals surface area (Å²) in [6.45, 7) is 5.69. The van der Waals surface area contributed by atoms with Crippen LogP contribution in [0.3, 0.4) is 0 Å². The molecule has 1 aromatic carbocycles. The first-order valence-electron chi connectivity index (χ1n) is 6.32. The van der Waals surface area contributed by atoms with Crippen molar-refractivity contribution in [3.05, 3.63) is 28.8 Å². The Balaban J connectivity index is 2.70. The Bertz CT molecular complexity index is 449. The van der Waals surface area contributed by atoms with Crippen LogP contribution in [-0.2, 0) is 4.79 Å². The zero-order valence-corrected chi connectivity index (χ0v) is 12.0. The SMILES string of the molecule is CCN(CCCNC(C)=O)c1cc(Cl)ccc1C=O. The molecule has 0 saturated heterocycles. The average molecular weight is 283 g/mol. The topological polar surface area (TPSA) is 49.4 Å². The molecule has 5 heteroatoms. The van der Waals surface area contributed by atoms with Crippen molar-refractivity contribution in [3.63, 3.8) is 0 Å².